The Hall–Kier alpha value is -2.88. The Morgan fingerprint density at radius 1 is 1.42 bits per heavy atom. The number of anilines is 1. The summed E-state index contributed by atoms with van der Waals surface area (Å²) in [5.74, 6) is -0.546. The average molecular weight is 260 g/mol. The van der Waals surface area contributed by atoms with Gasteiger partial charge in [-0.05, 0) is 18.2 Å². The second-order valence-electron chi connectivity index (χ2n) is 3.89. The molecular formula is C12H9FN4O2. The number of aromatic nitrogens is 2. The highest BCUT2D eigenvalue weighted by Crippen LogP contribution is 2.11. The smallest absolute Gasteiger partial charge is 0.328 e. The summed E-state index contributed by atoms with van der Waals surface area (Å²) >= 11 is 0. The minimum absolute atomic E-state index is 0.124. The molecule has 2 aromatic rings. The van der Waals surface area contributed by atoms with Crippen molar-refractivity contribution in [3.8, 4) is 6.07 Å². The first-order valence-corrected chi connectivity index (χ1v) is 5.29. The highest BCUT2D eigenvalue weighted by molar-refractivity contribution is 5.35. The fourth-order valence-electron chi connectivity index (χ4n) is 1.59. The first kappa shape index (κ1) is 12.6. The van der Waals surface area contributed by atoms with E-state index in [4.69, 9.17) is 11.0 Å². The highest BCUT2D eigenvalue weighted by atomic mass is 19.1. The molecule has 0 aliphatic heterocycles. The number of hydrogen-bond acceptors (Lipinski definition) is 4. The number of hydrogen-bond donors (Lipinski definition) is 2. The van der Waals surface area contributed by atoms with Crippen LogP contribution >= 0.6 is 0 Å². The average Bonchev–Trinajstić information content (AvgIpc) is 2.38. The Bertz CT molecular complexity index is 786. The summed E-state index contributed by atoms with van der Waals surface area (Å²) in [5.41, 5.74) is 4.30. The van der Waals surface area contributed by atoms with Crippen molar-refractivity contribution >= 4 is 5.69 Å². The van der Waals surface area contributed by atoms with E-state index in [-0.39, 0.29) is 23.4 Å². The predicted octanol–water partition coefficient (Wildman–Crippen LogP) is 0.178. The van der Waals surface area contributed by atoms with E-state index in [0.717, 1.165) is 16.8 Å². The molecule has 0 unspecified atom stereocenters. The lowest BCUT2D eigenvalue weighted by Crippen LogP contribution is -2.31. The zero-order valence-electron chi connectivity index (χ0n) is 9.68. The van der Waals surface area contributed by atoms with Crippen molar-refractivity contribution in [2.24, 2.45) is 0 Å². The summed E-state index contributed by atoms with van der Waals surface area (Å²) in [6.45, 7) is -0.124. The van der Waals surface area contributed by atoms with Crippen LogP contribution in [0.4, 0.5) is 10.1 Å². The van der Waals surface area contributed by atoms with Crippen molar-refractivity contribution in [2.45, 2.75) is 6.54 Å². The number of nitrogens with one attached hydrogen (secondary N) is 1. The molecule has 1 heterocycles. The standard InChI is InChI=1S/C12H9FN4O2/c13-9-2-1-7(4-14)3-8(9)5-17-6-10(15)11(18)16-12(17)19/h1-3,6H,5,15H2,(H,16,18,19). The van der Waals surface area contributed by atoms with Gasteiger partial charge in [-0.15, -0.1) is 0 Å². The van der Waals surface area contributed by atoms with Crippen LogP contribution < -0.4 is 17.0 Å². The van der Waals surface area contributed by atoms with Gasteiger partial charge in [0.25, 0.3) is 5.56 Å². The van der Waals surface area contributed by atoms with E-state index in [0.29, 0.717) is 0 Å². The largest absolute Gasteiger partial charge is 0.393 e. The van der Waals surface area contributed by atoms with Crippen molar-refractivity contribution in [1.82, 2.24) is 9.55 Å². The third-order valence-corrected chi connectivity index (χ3v) is 2.55. The quantitative estimate of drug-likeness (QED) is 0.803. The van der Waals surface area contributed by atoms with Gasteiger partial charge in [-0.1, -0.05) is 0 Å². The second-order valence-corrected chi connectivity index (χ2v) is 3.89. The number of benzene rings is 1. The molecule has 1 aromatic heterocycles. The number of aromatic amines is 1. The van der Waals surface area contributed by atoms with Crippen LogP contribution in [0.25, 0.3) is 0 Å². The van der Waals surface area contributed by atoms with Crippen molar-refractivity contribution in [2.75, 3.05) is 5.73 Å². The molecule has 0 saturated carbocycles. The minimum Gasteiger partial charge on any atom is -0.393 e. The molecule has 3 N–H and O–H groups in total. The zero-order valence-corrected chi connectivity index (χ0v) is 9.68. The summed E-state index contributed by atoms with van der Waals surface area (Å²) in [6, 6.07) is 5.70. The molecule has 0 amide bonds. The summed E-state index contributed by atoms with van der Waals surface area (Å²) in [4.78, 5) is 24.6. The van der Waals surface area contributed by atoms with E-state index >= 15 is 0 Å². The van der Waals surface area contributed by atoms with Crippen LogP contribution in [0.5, 0.6) is 0 Å². The summed E-state index contributed by atoms with van der Waals surface area (Å²) < 4.78 is 14.6. The van der Waals surface area contributed by atoms with E-state index in [2.05, 4.69) is 0 Å². The third-order valence-electron chi connectivity index (χ3n) is 2.55. The Kier molecular flexibility index (Phi) is 3.16. The van der Waals surface area contributed by atoms with Crippen molar-refractivity contribution in [3.63, 3.8) is 0 Å². The number of rotatable bonds is 2. The molecule has 6 nitrogen and oxygen atoms in total. The van der Waals surface area contributed by atoms with Gasteiger partial charge in [-0.25, -0.2) is 9.18 Å². The fraction of sp³-hybridized carbons (Fsp3) is 0.0833. The van der Waals surface area contributed by atoms with Crippen LogP contribution in [0.15, 0.2) is 34.0 Å². The molecule has 0 spiro atoms. The molecule has 0 aliphatic carbocycles. The Balaban J connectivity index is 2.48. The fourth-order valence-corrected chi connectivity index (χ4v) is 1.59. The van der Waals surface area contributed by atoms with Gasteiger partial charge in [0.2, 0.25) is 0 Å². The van der Waals surface area contributed by atoms with Gasteiger partial charge in [0, 0.05) is 11.8 Å². The lowest BCUT2D eigenvalue weighted by Gasteiger charge is -2.07. The van der Waals surface area contributed by atoms with E-state index < -0.39 is 17.1 Å². The van der Waals surface area contributed by atoms with Crippen LogP contribution in [-0.4, -0.2) is 9.55 Å². The van der Waals surface area contributed by atoms with Gasteiger partial charge in [0.15, 0.2) is 0 Å². The highest BCUT2D eigenvalue weighted by Gasteiger charge is 2.07. The molecular weight excluding hydrogens is 251 g/mol. The molecule has 96 valence electrons. The maximum Gasteiger partial charge on any atom is 0.328 e. The van der Waals surface area contributed by atoms with Gasteiger partial charge >= 0.3 is 5.69 Å². The maximum atomic E-state index is 13.6. The summed E-state index contributed by atoms with van der Waals surface area (Å²) in [7, 11) is 0. The molecule has 19 heavy (non-hydrogen) atoms. The molecule has 0 radical (unpaired) electrons. The molecule has 2 rings (SSSR count). The molecule has 0 atom stereocenters. The molecule has 0 saturated heterocycles. The van der Waals surface area contributed by atoms with Gasteiger partial charge in [-0.2, -0.15) is 5.26 Å². The molecule has 1 aromatic carbocycles. The lowest BCUT2D eigenvalue weighted by molar-refractivity contribution is 0.593. The summed E-state index contributed by atoms with van der Waals surface area (Å²) in [6.07, 6.45) is 1.14. The van der Waals surface area contributed by atoms with Crippen molar-refractivity contribution in [3.05, 3.63) is 62.2 Å². The molecule has 0 aliphatic rings. The minimum atomic E-state index is -0.694. The Morgan fingerprint density at radius 2 is 2.16 bits per heavy atom. The summed E-state index contributed by atoms with van der Waals surface area (Å²) in [5, 5.41) is 8.75. The topological polar surface area (TPSA) is 105 Å². The number of nitrogens with two attached hydrogens (primary N) is 1. The SMILES string of the molecule is N#Cc1ccc(F)c(Cn2cc(N)c(=O)[nH]c2=O)c1. The van der Waals surface area contributed by atoms with E-state index in [1.165, 1.54) is 12.1 Å². The normalized spacial score (nSPS) is 10.1. The number of nitrogens with zero attached hydrogens (tertiary/aromatic N) is 2. The maximum absolute atomic E-state index is 13.6. The first-order valence-electron chi connectivity index (χ1n) is 5.29. The second kappa shape index (κ2) is 4.78. The van der Waals surface area contributed by atoms with Gasteiger partial charge < -0.3 is 5.73 Å². The number of nitriles is 1. The molecule has 0 bridgehead atoms. The lowest BCUT2D eigenvalue weighted by atomic mass is 10.1. The van der Waals surface area contributed by atoms with E-state index in [9.17, 15) is 14.0 Å². The molecule has 0 fully saturated rings. The number of nitrogen functional groups attached to an aromatic ring is 1. The van der Waals surface area contributed by atoms with Crippen LogP contribution in [0.1, 0.15) is 11.1 Å². The zero-order chi connectivity index (χ0) is 14.0. The molecule has 7 heteroatoms. The number of H-pyrrole nitrogens is 1. The van der Waals surface area contributed by atoms with Crippen LogP contribution in [-0.2, 0) is 6.54 Å². The van der Waals surface area contributed by atoms with Crippen LogP contribution in [0.3, 0.4) is 0 Å². The van der Waals surface area contributed by atoms with Crippen molar-refractivity contribution < 1.29 is 4.39 Å². The Morgan fingerprint density at radius 3 is 2.84 bits per heavy atom. The van der Waals surface area contributed by atoms with E-state index in [1.807, 2.05) is 11.1 Å². The third kappa shape index (κ3) is 2.52. The van der Waals surface area contributed by atoms with E-state index in [1.54, 1.807) is 0 Å². The van der Waals surface area contributed by atoms with Crippen molar-refractivity contribution in [1.29, 1.82) is 5.26 Å². The number of halogens is 1. The van der Waals surface area contributed by atoms with Gasteiger partial charge in [0.05, 0.1) is 18.2 Å². The van der Waals surface area contributed by atoms with Crippen LogP contribution in [0.2, 0.25) is 0 Å². The first-order chi connectivity index (χ1) is 9.01. The van der Waals surface area contributed by atoms with Gasteiger partial charge in [0.1, 0.15) is 11.5 Å². The van der Waals surface area contributed by atoms with Gasteiger partial charge in [-0.3, -0.25) is 14.3 Å². The van der Waals surface area contributed by atoms with Crippen LogP contribution in [0, 0.1) is 17.1 Å². The predicted molar refractivity (Wildman–Crippen MR) is 66.0 cm³/mol. The Labute approximate surface area is 106 Å². The monoisotopic (exact) mass is 260 g/mol.